The van der Waals surface area contributed by atoms with Gasteiger partial charge in [-0.15, -0.1) is 23.2 Å². The predicted molar refractivity (Wildman–Crippen MR) is 97.5 cm³/mol. The molecule has 1 amide bonds. The van der Waals surface area contributed by atoms with Crippen LogP contribution in [0, 0.1) is 11.3 Å². The van der Waals surface area contributed by atoms with Crippen molar-refractivity contribution in [3.63, 3.8) is 0 Å². The van der Waals surface area contributed by atoms with Gasteiger partial charge in [0.15, 0.2) is 0 Å². The van der Waals surface area contributed by atoms with E-state index in [0.29, 0.717) is 11.4 Å². The van der Waals surface area contributed by atoms with E-state index < -0.39 is 9.75 Å². The molecule has 2 nitrogen and oxygen atoms in total. The molecule has 116 valence electrons. The zero-order valence-electron chi connectivity index (χ0n) is 11.8. The van der Waals surface area contributed by atoms with Gasteiger partial charge >= 0.3 is 0 Å². The van der Waals surface area contributed by atoms with Crippen LogP contribution >= 0.6 is 57.4 Å². The molecule has 1 aliphatic carbocycles. The van der Waals surface area contributed by atoms with Crippen LogP contribution in [0.1, 0.15) is 31.9 Å². The highest BCUT2D eigenvalue weighted by Crippen LogP contribution is 2.70. The average molecular weight is 461 g/mol. The van der Waals surface area contributed by atoms with Crippen molar-refractivity contribution in [3.05, 3.63) is 34.9 Å². The van der Waals surface area contributed by atoms with Gasteiger partial charge in [-0.25, -0.2) is 0 Å². The third-order valence-corrected chi connectivity index (χ3v) is 6.95. The van der Waals surface area contributed by atoms with E-state index in [4.69, 9.17) is 34.8 Å². The number of halogens is 4. The standard InChI is InChI=1S/C15H17Cl3INO/c1-3-14(9(2)15(14,17)18)13(21)20-12(8-19)10-4-6-11(16)7-5-10/h4-7,9,12H,3,8H2,1-2H3,(H,20,21). The molecule has 3 unspecified atom stereocenters. The Morgan fingerprint density at radius 3 is 2.29 bits per heavy atom. The highest BCUT2D eigenvalue weighted by molar-refractivity contribution is 14.1. The largest absolute Gasteiger partial charge is 0.348 e. The summed E-state index contributed by atoms with van der Waals surface area (Å²) < 4.78 is -0.210. The molecule has 0 saturated heterocycles. The zero-order chi connectivity index (χ0) is 15.8. The summed E-state index contributed by atoms with van der Waals surface area (Å²) in [6.07, 6.45) is 0.627. The Hall–Kier alpha value is 0.290. The molecule has 1 aromatic carbocycles. The molecule has 1 saturated carbocycles. The Morgan fingerprint density at radius 1 is 1.38 bits per heavy atom. The number of rotatable bonds is 5. The molecule has 2 rings (SSSR count). The summed E-state index contributed by atoms with van der Waals surface area (Å²) in [6.45, 7) is 3.87. The van der Waals surface area contributed by atoms with Gasteiger partial charge in [0.05, 0.1) is 11.5 Å². The van der Waals surface area contributed by atoms with Crippen LogP contribution in [-0.2, 0) is 4.79 Å². The van der Waals surface area contributed by atoms with Crippen molar-refractivity contribution in [2.24, 2.45) is 11.3 Å². The van der Waals surface area contributed by atoms with Gasteiger partial charge in [-0.05, 0) is 24.1 Å². The maximum Gasteiger partial charge on any atom is 0.230 e. The molecule has 1 fully saturated rings. The lowest BCUT2D eigenvalue weighted by Gasteiger charge is -2.22. The topological polar surface area (TPSA) is 29.1 Å². The molecule has 0 heterocycles. The van der Waals surface area contributed by atoms with Crippen molar-refractivity contribution >= 4 is 63.3 Å². The van der Waals surface area contributed by atoms with E-state index in [1.165, 1.54) is 0 Å². The van der Waals surface area contributed by atoms with Crippen molar-refractivity contribution in [3.8, 4) is 0 Å². The van der Waals surface area contributed by atoms with Crippen molar-refractivity contribution in [2.45, 2.75) is 30.6 Å². The Labute approximate surface area is 154 Å². The highest BCUT2D eigenvalue weighted by Gasteiger charge is 2.76. The molecule has 0 spiro atoms. The molecule has 1 N–H and O–H groups in total. The fourth-order valence-corrected chi connectivity index (χ4v) is 4.77. The van der Waals surface area contributed by atoms with E-state index in [2.05, 4.69) is 27.9 Å². The number of hydrogen-bond donors (Lipinski definition) is 1. The first-order chi connectivity index (χ1) is 9.81. The van der Waals surface area contributed by atoms with Crippen LogP contribution in [-0.4, -0.2) is 14.7 Å². The number of alkyl halides is 3. The summed E-state index contributed by atoms with van der Waals surface area (Å²) in [5, 5.41) is 3.76. The number of carbonyl (C=O) groups excluding carboxylic acids is 1. The van der Waals surface area contributed by atoms with Crippen LogP contribution in [0.3, 0.4) is 0 Å². The maximum atomic E-state index is 12.7. The van der Waals surface area contributed by atoms with Crippen LogP contribution in [0.15, 0.2) is 24.3 Å². The van der Waals surface area contributed by atoms with Gasteiger partial charge in [0, 0.05) is 15.4 Å². The third-order valence-electron chi connectivity index (χ3n) is 4.49. The van der Waals surface area contributed by atoms with Crippen LogP contribution < -0.4 is 5.32 Å². The Kier molecular flexibility index (Phi) is 5.39. The lowest BCUT2D eigenvalue weighted by Crippen LogP contribution is -2.38. The van der Waals surface area contributed by atoms with Gasteiger partial charge in [-0.3, -0.25) is 4.79 Å². The van der Waals surface area contributed by atoms with Crippen LogP contribution in [0.25, 0.3) is 0 Å². The fourth-order valence-electron chi connectivity index (χ4n) is 2.88. The lowest BCUT2D eigenvalue weighted by atomic mass is 9.98. The Balaban J connectivity index is 2.16. The van der Waals surface area contributed by atoms with E-state index in [-0.39, 0.29) is 17.9 Å². The number of hydrogen-bond acceptors (Lipinski definition) is 1. The molecule has 6 heteroatoms. The number of carbonyl (C=O) groups is 1. The smallest absolute Gasteiger partial charge is 0.230 e. The van der Waals surface area contributed by atoms with Gasteiger partial charge in [-0.1, -0.05) is 60.2 Å². The summed E-state index contributed by atoms with van der Waals surface area (Å²) in [5.41, 5.74) is 0.337. The molecule has 21 heavy (non-hydrogen) atoms. The van der Waals surface area contributed by atoms with Gasteiger partial charge < -0.3 is 5.32 Å². The van der Waals surface area contributed by atoms with E-state index in [0.717, 1.165) is 9.99 Å². The molecular formula is C15H17Cl3INO. The van der Waals surface area contributed by atoms with Crippen LogP contribution in [0.4, 0.5) is 0 Å². The van der Waals surface area contributed by atoms with E-state index in [1.807, 2.05) is 38.1 Å². The summed E-state index contributed by atoms with van der Waals surface area (Å²) in [5.74, 6) is -0.113. The highest BCUT2D eigenvalue weighted by atomic mass is 127. The van der Waals surface area contributed by atoms with Crippen molar-refractivity contribution in [1.29, 1.82) is 0 Å². The SMILES string of the molecule is CCC1(C(=O)NC(CI)c2ccc(Cl)cc2)C(C)C1(Cl)Cl. The first kappa shape index (κ1) is 17.6. The van der Waals surface area contributed by atoms with Crippen LogP contribution in [0.5, 0.6) is 0 Å². The van der Waals surface area contributed by atoms with E-state index >= 15 is 0 Å². The molecular weight excluding hydrogens is 443 g/mol. The van der Waals surface area contributed by atoms with Crippen molar-refractivity contribution < 1.29 is 4.79 Å². The molecule has 0 radical (unpaired) electrons. The monoisotopic (exact) mass is 459 g/mol. The first-order valence-corrected chi connectivity index (χ1v) is 9.47. The average Bonchev–Trinajstić information content (AvgIpc) is 2.91. The third kappa shape index (κ3) is 2.91. The molecule has 1 aliphatic rings. The predicted octanol–water partition coefficient (Wildman–Crippen LogP) is 5.15. The summed E-state index contributed by atoms with van der Waals surface area (Å²) in [6, 6.07) is 7.43. The quantitative estimate of drug-likeness (QED) is 0.478. The molecule has 3 atom stereocenters. The van der Waals surface area contributed by atoms with Gasteiger partial charge in [0.2, 0.25) is 5.91 Å². The molecule has 1 aromatic rings. The second-order valence-corrected chi connectivity index (χ2v) is 8.10. The minimum Gasteiger partial charge on any atom is -0.348 e. The van der Waals surface area contributed by atoms with Crippen LogP contribution in [0.2, 0.25) is 5.02 Å². The fraction of sp³-hybridized carbons (Fsp3) is 0.533. The minimum atomic E-state index is -0.971. The maximum absolute atomic E-state index is 12.7. The molecule has 0 aliphatic heterocycles. The normalized spacial score (nSPS) is 28.0. The second-order valence-electron chi connectivity index (χ2n) is 5.40. The van der Waals surface area contributed by atoms with E-state index in [9.17, 15) is 4.79 Å². The first-order valence-electron chi connectivity index (χ1n) is 6.81. The Morgan fingerprint density at radius 2 is 1.90 bits per heavy atom. The Bertz CT molecular complexity index is 534. The molecule has 0 bridgehead atoms. The van der Waals surface area contributed by atoms with Gasteiger partial charge in [0.1, 0.15) is 4.33 Å². The summed E-state index contributed by atoms with van der Waals surface area (Å²) in [4.78, 5) is 12.7. The number of amides is 1. The van der Waals surface area contributed by atoms with Gasteiger partial charge in [0.25, 0.3) is 0 Å². The summed E-state index contributed by atoms with van der Waals surface area (Å²) in [7, 11) is 0. The lowest BCUT2D eigenvalue weighted by molar-refractivity contribution is -0.127. The van der Waals surface area contributed by atoms with Crippen molar-refractivity contribution in [1.82, 2.24) is 5.32 Å². The zero-order valence-corrected chi connectivity index (χ0v) is 16.2. The minimum absolute atomic E-state index is 0.0431. The van der Waals surface area contributed by atoms with Crippen molar-refractivity contribution in [2.75, 3.05) is 4.43 Å². The van der Waals surface area contributed by atoms with E-state index in [1.54, 1.807) is 0 Å². The molecule has 0 aromatic heterocycles. The summed E-state index contributed by atoms with van der Waals surface area (Å²) >= 11 is 20.7. The van der Waals surface area contributed by atoms with Gasteiger partial charge in [-0.2, -0.15) is 0 Å². The number of benzene rings is 1. The second kappa shape index (κ2) is 6.42. The number of nitrogens with one attached hydrogen (secondary N) is 1.